The van der Waals surface area contributed by atoms with Crippen molar-refractivity contribution in [3.05, 3.63) is 71.4 Å². The van der Waals surface area contributed by atoms with Crippen LogP contribution in [0.1, 0.15) is 71.9 Å². The number of halogens is 3. The highest BCUT2D eigenvalue weighted by atomic mass is 19.4. The van der Waals surface area contributed by atoms with Gasteiger partial charge in [0.2, 0.25) is 5.91 Å². The quantitative estimate of drug-likeness (QED) is 0.301. The van der Waals surface area contributed by atoms with Crippen LogP contribution in [0.2, 0.25) is 0 Å². The number of amides is 2. The van der Waals surface area contributed by atoms with Crippen LogP contribution in [0.3, 0.4) is 0 Å². The summed E-state index contributed by atoms with van der Waals surface area (Å²) >= 11 is 0. The second-order valence-electron chi connectivity index (χ2n) is 12.4. The SMILES string of the molecule is CC1(C(=O)N2CCC[C@@H](c3nc(-c4ccc(C(=O)Nc5cc(C(F)(F)F)ccn5)cc4)c4c(N)ncc(C5CC5)n34)C2)COC1. The van der Waals surface area contributed by atoms with E-state index in [2.05, 4.69) is 19.7 Å². The summed E-state index contributed by atoms with van der Waals surface area (Å²) < 4.78 is 46.8. The van der Waals surface area contributed by atoms with Crippen molar-refractivity contribution in [2.24, 2.45) is 5.41 Å². The van der Waals surface area contributed by atoms with Gasteiger partial charge in [0, 0.05) is 54.1 Å². The molecular weight excluding hydrogens is 587 g/mol. The number of carbonyl (C=O) groups is 2. The van der Waals surface area contributed by atoms with Crippen molar-refractivity contribution < 1.29 is 27.5 Å². The van der Waals surface area contributed by atoms with E-state index < -0.39 is 23.1 Å². The lowest BCUT2D eigenvalue weighted by molar-refractivity contribution is -0.170. The molecule has 0 radical (unpaired) electrons. The third kappa shape index (κ3) is 5.39. The molecule has 3 aliphatic rings. The standard InChI is InChI=1S/C32H32F3N7O3/c1-31(16-45-17-31)30(44)41-12-2-3-21(15-41)28-40-25(26-27(36)38-14-23(42(26)28)18-4-5-18)19-6-8-20(9-7-19)29(43)39-24-13-22(10-11-37-24)32(33,34)35/h6-11,13-14,18,21H,2-5,12,15-17H2,1H3,(H2,36,38)(H,37,39,43)/t21-/m1/s1. The highest BCUT2D eigenvalue weighted by Crippen LogP contribution is 2.44. The Hall–Kier alpha value is -4.52. The molecule has 2 saturated heterocycles. The molecule has 13 heteroatoms. The van der Waals surface area contributed by atoms with Gasteiger partial charge < -0.3 is 20.7 Å². The fraction of sp³-hybridized carbons (Fsp3) is 0.406. The molecule has 1 saturated carbocycles. The second-order valence-corrected chi connectivity index (χ2v) is 12.4. The first-order valence-corrected chi connectivity index (χ1v) is 15.0. The van der Waals surface area contributed by atoms with Crippen LogP contribution in [0.25, 0.3) is 16.8 Å². The van der Waals surface area contributed by atoms with Gasteiger partial charge in [-0.15, -0.1) is 0 Å². The van der Waals surface area contributed by atoms with Gasteiger partial charge in [0.15, 0.2) is 0 Å². The van der Waals surface area contributed by atoms with Gasteiger partial charge in [0.05, 0.1) is 24.2 Å². The topological polar surface area (TPSA) is 128 Å². The van der Waals surface area contributed by atoms with Gasteiger partial charge in [-0.1, -0.05) is 12.1 Å². The van der Waals surface area contributed by atoms with Crippen LogP contribution < -0.4 is 11.1 Å². The number of nitrogen functional groups attached to an aromatic ring is 1. The molecule has 3 N–H and O–H groups in total. The number of benzene rings is 1. The van der Waals surface area contributed by atoms with E-state index in [1.807, 2.05) is 18.0 Å². The molecule has 0 spiro atoms. The first-order valence-electron chi connectivity index (χ1n) is 15.0. The highest BCUT2D eigenvalue weighted by Gasteiger charge is 2.45. The third-order valence-electron chi connectivity index (χ3n) is 8.92. The lowest BCUT2D eigenvalue weighted by Gasteiger charge is -2.42. The summed E-state index contributed by atoms with van der Waals surface area (Å²) in [5, 5.41) is 2.43. The third-order valence-corrected chi connectivity index (χ3v) is 8.92. The van der Waals surface area contributed by atoms with Crippen molar-refractivity contribution in [3.8, 4) is 11.3 Å². The summed E-state index contributed by atoms with van der Waals surface area (Å²) in [6, 6.07) is 8.27. The number of ether oxygens (including phenoxy) is 1. The van der Waals surface area contributed by atoms with Crippen LogP contribution >= 0.6 is 0 Å². The fourth-order valence-corrected chi connectivity index (χ4v) is 6.26. The van der Waals surface area contributed by atoms with E-state index in [0.29, 0.717) is 54.8 Å². The number of fused-ring (bicyclic) bond motifs is 1. The summed E-state index contributed by atoms with van der Waals surface area (Å²) in [7, 11) is 0. The van der Waals surface area contributed by atoms with Crippen LogP contribution in [0.15, 0.2) is 48.8 Å². The lowest BCUT2D eigenvalue weighted by atomic mass is 9.85. The Labute approximate surface area is 256 Å². The number of rotatable bonds is 6. The Morgan fingerprint density at radius 1 is 1.07 bits per heavy atom. The molecule has 3 aromatic heterocycles. The number of pyridine rings is 1. The smallest absolute Gasteiger partial charge is 0.382 e. The number of hydrogen-bond donors (Lipinski definition) is 2. The second kappa shape index (κ2) is 10.8. The van der Waals surface area contributed by atoms with Crippen molar-refractivity contribution in [1.82, 2.24) is 24.3 Å². The van der Waals surface area contributed by atoms with E-state index in [0.717, 1.165) is 55.5 Å². The average Bonchev–Trinajstić information content (AvgIpc) is 3.78. The van der Waals surface area contributed by atoms with E-state index >= 15 is 0 Å². The molecule has 1 atom stereocenters. The van der Waals surface area contributed by atoms with Crippen LogP contribution in [-0.2, 0) is 15.7 Å². The summed E-state index contributed by atoms with van der Waals surface area (Å²) in [4.78, 5) is 41.7. The Bertz CT molecular complexity index is 1800. The molecule has 0 bridgehead atoms. The van der Waals surface area contributed by atoms with E-state index in [1.165, 1.54) is 0 Å². The lowest BCUT2D eigenvalue weighted by Crippen LogP contribution is -2.55. The molecule has 7 rings (SSSR count). The number of aromatic nitrogens is 4. The fourth-order valence-electron chi connectivity index (χ4n) is 6.26. The number of anilines is 2. The van der Waals surface area contributed by atoms with Crippen LogP contribution in [0, 0.1) is 5.41 Å². The van der Waals surface area contributed by atoms with Gasteiger partial charge in [0.25, 0.3) is 5.91 Å². The van der Waals surface area contributed by atoms with Crippen molar-refractivity contribution in [2.45, 2.75) is 50.6 Å². The highest BCUT2D eigenvalue weighted by molar-refractivity contribution is 6.04. The van der Waals surface area contributed by atoms with Gasteiger partial charge in [-0.25, -0.2) is 15.0 Å². The molecule has 0 unspecified atom stereocenters. The predicted octanol–water partition coefficient (Wildman–Crippen LogP) is 5.26. The number of likely N-dealkylation sites (tertiary alicyclic amines) is 1. The van der Waals surface area contributed by atoms with E-state index in [4.69, 9.17) is 15.5 Å². The zero-order valence-corrected chi connectivity index (χ0v) is 24.6. The van der Waals surface area contributed by atoms with E-state index in [-0.39, 0.29) is 23.2 Å². The molecule has 2 amide bonds. The Morgan fingerprint density at radius 2 is 1.82 bits per heavy atom. The molecule has 2 aliphatic heterocycles. The molecule has 5 heterocycles. The normalized spacial score (nSPS) is 19.7. The van der Waals surface area contributed by atoms with Gasteiger partial charge in [-0.05, 0) is 56.9 Å². The van der Waals surface area contributed by atoms with Crippen molar-refractivity contribution in [1.29, 1.82) is 0 Å². The van der Waals surface area contributed by atoms with Crippen LogP contribution in [0.5, 0.6) is 0 Å². The zero-order chi connectivity index (χ0) is 31.5. The monoisotopic (exact) mass is 619 g/mol. The minimum Gasteiger partial charge on any atom is -0.382 e. The van der Waals surface area contributed by atoms with Crippen molar-refractivity contribution >= 4 is 29.0 Å². The summed E-state index contributed by atoms with van der Waals surface area (Å²) in [5.74, 6) is 0.807. The maximum atomic E-state index is 13.4. The minimum atomic E-state index is -4.55. The van der Waals surface area contributed by atoms with Gasteiger partial charge in [0.1, 0.15) is 28.7 Å². The molecule has 3 fully saturated rings. The summed E-state index contributed by atoms with van der Waals surface area (Å²) in [6.07, 6.45) is 2.08. The first-order chi connectivity index (χ1) is 21.5. The molecule has 234 valence electrons. The van der Waals surface area contributed by atoms with Gasteiger partial charge in [-0.3, -0.25) is 14.0 Å². The van der Waals surface area contributed by atoms with Crippen molar-refractivity contribution in [2.75, 3.05) is 37.4 Å². The number of nitrogens with one attached hydrogen (secondary N) is 1. The minimum absolute atomic E-state index is 0.0159. The number of carbonyl (C=O) groups excluding carboxylic acids is 2. The number of alkyl halides is 3. The summed E-state index contributed by atoms with van der Waals surface area (Å²) in [6.45, 7) is 4.05. The first kappa shape index (κ1) is 29.2. The maximum Gasteiger partial charge on any atom is 0.416 e. The zero-order valence-electron chi connectivity index (χ0n) is 24.6. The van der Waals surface area contributed by atoms with Crippen LogP contribution in [-0.4, -0.2) is 62.4 Å². The van der Waals surface area contributed by atoms with E-state index in [1.54, 1.807) is 24.3 Å². The van der Waals surface area contributed by atoms with E-state index in [9.17, 15) is 22.8 Å². The summed E-state index contributed by atoms with van der Waals surface area (Å²) in [5.41, 5.74) is 8.39. The molecule has 1 aromatic carbocycles. The largest absolute Gasteiger partial charge is 0.416 e. The Balaban J connectivity index is 1.21. The molecular formula is C32H32F3N7O3. The maximum absolute atomic E-state index is 13.4. The number of nitrogens with zero attached hydrogens (tertiary/aromatic N) is 5. The molecule has 10 nitrogen and oxygen atoms in total. The predicted molar refractivity (Wildman–Crippen MR) is 159 cm³/mol. The van der Waals surface area contributed by atoms with Gasteiger partial charge >= 0.3 is 6.18 Å². The number of imidazole rings is 1. The van der Waals surface area contributed by atoms with Gasteiger partial charge in [-0.2, -0.15) is 13.2 Å². The molecule has 4 aromatic rings. The molecule has 45 heavy (non-hydrogen) atoms. The van der Waals surface area contributed by atoms with Crippen LogP contribution in [0.4, 0.5) is 24.8 Å². The Kier molecular flexibility index (Phi) is 7.03. The number of hydrogen-bond acceptors (Lipinski definition) is 7. The average molecular weight is 620 g/mol. The Morgan fingerprint density at radius 3 is 2.49 bits per heavy atom. The number of nitrogens with two attached hydrogens (primary N) is 1. The number of piperidine rings is 1. The van der Waals surface area contributed by atoms with Crippen molar-refractivity contribution in [3.63, 3.8) is 0 Å². The molecule has 1 aliphatic carbocycles.